The van der Waals surface area contributed by atoms with Crippen molar-refractivity contribution in [1.82, 2.24) is 9.88 Å². The van der Waals surface area contributed by atoms with Gasteiger partial charge in [0.05, 0.1) is 35.5 Å². The molecule has 1 aliphatic carbocycles. The molecule has 1 aromatic carbocycles. The second-order valence-corrected chi connectivity index (χ2v) is 11.0. The van der Waals surface area contributed by atoms with Gasteiger partial charge < -0.3 is 4.74 Å². The van der Waals surface area contributed by atoms with Gasteiger partial charge in [-0.05, 0) is 43.5 Å². The number of thiophene rings is 1. The topological polar surface area (TPSA) is 76.6 Å². The number of rotatable bonds is 4. The summed E-state index contributed by atoms with van der Waals surface area (Å²) >= 11 is 9.44. The molecule has 0 spiro atoms. The Morgan fingerprint density at radius 1 is 1.15 bits per heavy atom. The van der Waals surface area contributed by atoms with E-state index in [9.17, 15) is 14.4 Å². The Morgan fingerprint density at radius 3 is 2.52 bits per heavy atom. The van der Waals surface area contributed by atoms with Gasteiger partial charge in [-0.15, -0.1) is 11.3 Å². The number of carbonyl (C=O) groups is 3. The highest BCUT2D eigenvalue weighted by atomic mass is 35.5. The zero-order chi connectivity index (χ0) is 23.5. The Balaban J connectivity index is 1.76. The van der Waals surface area contributed by atoms with Crippen molar-refractivity contribution in [3.63, 3.8) is 0 Å². The summed E-state index contributed by atoms with van der Waals surface area (Å²) in [5.41, 5.74) is 2.68. The normalized spacial score (nSPS) is 17.7. The number of thioether (sulfide) groups is 1. The molecular weight excluding hydrogens is 480 g/mol. The zero-order valence-corrected chi connectivity index (χ0v) is 20.7. The lowest BCUT2D eigenvalue weighted by Crippen LogP contribution is -2.32. The lowest BCUT2D eigenvalue weighted by Gasteiger charge is -2.28. The van der Waals surface area contributed by atoms with Crippen LogP contribution in [-0.2, 0) is 28.0 Å². The number of halogens is 1. The number of Topliss-reactive ketones (excluding diaryl/α,β-unsaturated/α-hetero) is 1. The van der Waals surface area contributed by atoms with E-state index in [2.05, 4.69) is 0 Å². The number of ketones is 1. The molecule has 3 heterocycles. The first kappa shape index (κ1) is 22.4. The molecule has 6 nitrogen and oxygen atoms in total. The van der Waals surface area contributed by atoms with Crippen LogP contribution in [-0.4, -0.2) is 39.7 Å². The first-order valence-corrected chi connectivity index (χ1v) is 12.7. The molecular formula is C24H21ClN2O4S2. The van der Waals surface area contributed by atoms with Gasteiger partial charge in [-0.3, -0.25) is 19.3 Å². The third-order valence-electron chi connectivity index (χ3n) is 6.34. The summed E-state index contributed by atoms with van der Waals surface area (Å²) in [5, 5.41) is 1.07. The number of pyridine rings is 1. The fourth-order valence-electron chi connectivity index (χ4n) is 4.45. The highest BCUT2D eigenvalue weighted by Crippen LogP contribution is 2.49. The van der Waals surface area contributed by atoms with Crippen molar-refractivity contribution in [2.75, 3.05) is 12.9 Å². The second kappa shape index (κ2) is 8.11. The molecule has 0 N–H and O–H groups in total. The monoisotopic (exact) mass is 500 g/mol. The van der Waals surface area contributed by atoms with Crippen LogP contribution in [0.5, 0.6) is 5.75 Å². The Hall–Kier alpha value is -2.42. The minimum atomic E-state index is -0.597. The van der Waals surface area contributed by atoms with E-state index in [1.54, 1.807) is 7.11 Å². The molecule has 1 fully saturated rings. The molecule has 0 atom stereocenters. The molecule has 1 saturated heterocycles. The van der Waals surface area contributed by atoms with Crippen LogP contribution >= 0.6 is 34.7 Å². The van der Waals surface area contributed by atoms with Gasteiger partial charge in [0.15, 0.2) is 0 Å². The largest absolute Gasteiger partial charge is 0.497 e. The number of methoxy groups -OCH3 is 1. The number of benzene rings is 1. The van der Waals surface area contributed by atoms with Crippen molar-refractivity contribution < 1.29 is 19.1 Å². The molecule has 0 saturated carbocycles. The highest BCUT2D eigenvalue weighted by Gasteiger charge is 2.39. The molecule has 0 radical (unpaired) electrons. The second-order valence-electron chi connectivity index (χ2n) is 8.65. The van der Waals surface area contributed by atoms with Crippen LogP contribution in [0.4, 0.5) is 4.79 Å². The van der Waals surface area contributed by atoms with Crippen LogP contribution in [0.15, 0.2) is 24.3 Å². The van der Waals surface area contributed by atoms with Gasteiger partial charge >= 0.3 is 0 Å². The Kier molecular flexibility index (Phi) is 5.50. The molecule has 5 rings (SSSR count). The number of aromatic nitrogens is 1. The molecule has 1 aliphatic heterocycles. The number of imide groups is 1. The fourth-order valence-corrected chi connectivity index (χ4v) is 6.86. The zero-order valence-electron chi connectivity index (χ0n) is 18.4. The van der Waals surface area contributed by atoms with Crippen LogP contribution < -0.4 is 4.74 Å². The van der Waals surface area contributed by atoms with E-state index in [-0.39, 0.29) is 29.2 Å². The lowest BCUT2D eigenvalue weighted by molar-refractivity contribution is -0.125. The molecule has 0 bridgehead atoms. The molecule has 170 valence electrons. The Labute approximate surface area is 204 Å². The predicted octanol–water partition coefficient (Wildman–Crippen LogP) is 5.61. The average molecular weight is 501 g/mol. The first-order valence-electron chi connectivity index (χ1n) is 10.5. The summed E-state index contributed by atoms with van der Waals surface area (Å²) < 4.78 is 5.31. The third-order valence-corrected chi connectivity index (χ3v) is 9.06. The number of ether oxygens (including phenoxy) is 1. The summed E-state index contributed by atoms with van der Waals surface area (Å²) in [6, 6.07) is 7.62. The molecule has 9 heteroatoms. The van der Waals surface area contributed by atoms with Crippen LogP contribution in [0.3, 0.4) is 0 Å². The van der Waals surface area contributed by atoms with Gasteiger partial charge in [-0.25, -0.2) is 4.98 Å². The maximum atomic E-state index is 12.7. The van der Waals surface area contributed by atoms with Crippen LogP contribution in [0.2, 0.25) is 5.02 Å². The van der Waals surface area contributed by atoms with Crippen molar-refractivity contribution >= 4 is 61.8 Å². The van der Waals surface area contributed by atoms with E-state index < -0.39 is 5.41 Å². The SMILES string of the molecule is COc1ccc(-c2c(Cl)c(CN3C(=O)CSC3=O)nc3sc4c(c23)CCC(=O)C4(C)C)cc1. The van der Waals surface area contributed by atoms with Crippen LogP contribution in [0.1, 0.15) is 36.4 Å². The van der Waals surface area contributed by atoms with E-state index in [1.165, 1.54) is 16.2 Å². The van der Waals surface area contributed by atoms with E-state index in [4.69, 9.17) is 21.3 Å². The smallest absolute Gasteiger partial charge is 0.289 e. The predicted molar refractivity (Wildman–Crippen MR) is 131 cm³/mol. The van der Waals surface area contributed by atoms with E-state index >= 15 is 0 Å². The van der Waals surface area contributed by atoms with Crippen LogP contribution in [0.25, 0.3) is 21.3 Å². The van der Waals surface area contributed by atoms with Crippen molar-refractivity contribution in [2.45, 2.75) is 38.6 Å². The van der Waals surface area contributed by atoms with Gasteiger partial charge in [0.1, 0.15) is 16.4 Å². The van der Waals surface area contributed by atoms with E-state index in [0.717, 1.165) is 49.3 Å². The average Bonchev–Trinajstić information content (AvgIpc) is 3.32. The number of amides is 2. The minimum absolute atomic E-state index is 0.0213. The number of fused-ring (bicyclic) bond motifs is 3. The number of hydrogen-bond donors (Lipinski definition) is 0. The Morgan fingerprint density at radius 2 is 1.88 bits per heavy atom. The van der Waals surface area contributed by atoms with Crippen molar-refractivity contribution in [1.29, 1.82) is 0 Å². The first-order chi connectivity index (χ1) is 15.7. The Bertz CT molecular complexity index is 1310. The van der Waals surface area contributed by atoms with Crippen molar-refractivity contribution in [3.8, 4) is 16.9 Å². The summed E-state index contributed by atoms with van der Waals surface area (Å²) in [6.07, 6.45) is 1.11. The fraction of sp³-hybridized carbons (Fsp3) is 0.333. The molecule has 33 heavy (non-hydrogen) atoms. The standard InChI is InChI=1S/C24H21ClN2O4S2/c1-24(2)16(28)9-8-14-19-18(12-4-6-13(31-3)7-5-12)20(25)15(26-22(19)33-21(14)24)10-27-17(29)11-32-23(27)30/h4-7H,8-11H2,1-3H3. The maximum Gasteiger partial charge on any atom is 0.289 e. The van der Waals surface area contributed by atoms with E-state index in [0.29, 0.717) is 23.6 Å². The van der Waals surface area contributed by atoms with Gasteiger partial charge in [-0.1, -0.05) is 35.5 Å². The molecule has 3 aromatic rings. The maximum absolute atomic E-state index is 12.7. The number of nitrogens with zero attached hydrogens (tertiary/aromatic N) is 2. The lowest BCUT2D eigenvalue weighted by atomic mass is 9.76. The van der Waals surface area contributed by atoms with Gasteiger partial charge in [0, 0.05) is 22.2 Å². The van der Waals surface area contributed by atoms with Crippen molar-refractivity contribution in [2.24, 2.45) is 0 Å². The molecule has 2 amide bonds. The number of carbonyl (C=O) groups excluding carboxylic acids is 3. The summed E-state index contributed by atoms with van der Waals surface area (Å²) in [6.45, 7) is 3.93. The summed E-state index contributed by atoms with van der Waals surface area (Å²) in [4.78, 5) is 44.9. The third kappa shape index (κ3) is 3.55. The molecule has 2 aliphatic rings. The van der Waals surface area contributed by atoms with Gasteiger partial charge in [0.25, 0.3) is 5.24 Å². The number of aryl methyl sites for hydroxylation is 1. The van der Waals surface area contributed by atoms with Crippen LogP contribution in [0, 0.1) is 0 Å². The van der Waals surface area contributed by atoms with Gasteiger partial charge in [0.2, 0.25) is 5.91 Å². The summed E-state index contributed by atoms with van der Waals surface area (Å²) in [7, 11) is 1.61. The highest BCUT2D eigenvalue weighted by molar-refractivity contribution is 8.14. The number of hydrogen-bond acceptors (Lipinski definition) is 7. The minimum Gasteiger partial charge on any atom is -0.497 e. The summed E-state index contributed by atoms with van der Waals surface area (Å²) in [5.74, 6) is 0.827. The van der Waals surface area contributed by atoms with E-state index in [1.807, 2.05) is 38.1 Å². The molecule has 2 aromatic heterocycles. The van der Waals surface area contributed by atoms with Crippen molar-refractivity contribution in [3.05, 3.63) is 45.4 Å². The quantitative estimate of drug-likeness (QED) is 0.463. The van der Waals surface area contributed by atoms with Gasteiger partial charge in [-0.2, -0.15) is 0 Å². The molecule has 0 unspecified atom stereocenters.